The van der Waals surface area contributed by atoms with Crippen molar-refractivity contribution in [2.45, 2.75) is 33.2 Å². The Labute approximate surface area is 94.9 Å². The number of urea groups is 1. The summed E-state index contributed by atoms with van der Waals surface area (Å²) >= 11 is 1.70. The molecule has 0 spiro atoms. The van der Waals surface area contributed by atoms with Gasteiger partial charge in [0.15, 0.2) is 0 Å². The summed E-state index contributed by atoms with van der Waals surface area (Å²) in [5, 5.41) is 7.71. The Morgan fingerprint density at radius 2 is 2.20 bits per heavy atom. The lowest BCUT2D eigenvalue weighted by Gasteiger charge is -2.06. The van der Waals surface area contributed by atoms with Crippen LogP contribution in [0.1, 0.15) is 30.7 Å². The van der Waals surface area contributed by atoms with Crippen molar-refractivity contribution in [1.82, 2.24) is 10.6 Å². The van der Waals surface area contributed by atoms with Crippen LogP contribution in [0.3, 0.4) is 0 Å². The third-order valence-corrected chi connectivity index (χ3v) is 3.13. The topological polar surface area (TPSA) is 41.1 Å². The largest absolute Gasteiger partial charge is 0.338 e. The second kappa shape index (κ2) is 6.45. The van der Waals surface area contributed by atoms with Gasteiger partial charge in [-0.3, -0.25) is 0 Å². The fourth-order valence-corrected chi connectivity index (χ4v) is 2.21. The highest BCUT2D eigenvalue weighted by Gasteiger charge is 2.04. The second-order valence-corrected chi connectivity index (χ2v) is 4.33. The van der Waals surface area contributed by atoms with Gasteiger partial charge in [-0.2, -0.15) is 0 Å². The fraction of sp³-hybridized carbons (Fsp3) is 0.545. The highest BCUT2D eigenvalue weighted by atomic mass is 32.1. The molecular formula is C11H18N2OS. The van der Waals surface area contributed by atoms with Gasteiger partial charge in [0, 0.05) is 11.4 Å². The monoisotopic (exact) mass is 226 g/mol. The van der Waals surface area contributed by atoms with E-state index in [1.165, 1.54) is 10.4 Å². The molecule has 84 valence electrons. The zero-order chi connectivity index (χ0) is 11.1. The van der Waals surface area contributed by atoms with E-state index in [0.717, 1.165) is 19.4 Å². The number of thiophene rings is 1. The van der Waals surface area contributed by atoms with Gasteiger partial charge in [-0.05, 0) is 29.9 Å². The molecule has 1 aromatic heterocycles. The summed E-state index contributed by atoms with van der Waals surface area (Å²) in [5.41, 5.74) is 1.33. The van der Waals surface area contributed by atoms with Crippen LogP contribution in [-0.2, 0) is 13.0 Å². The van der Waals surface area contributed by atoms with Gasteiger partial charge in [0.25, 0.3) is 0 Å². The Morgan fingerprint density at radius 3 is 2.87 bits per heavy atom. The molecule has 2 N–H and O–H groups in total. The highest BCUT2D eigenvalue weighted by Crippen LogP contribution is 2.16. The van der Waals surface area contributed by atoms with Crippen molar-refractivity contribution >= 4 is 17.4 Å². The number of amides is 2. The van der Waals surface area contributed by atoms with E-state index < -0.39 is 0 Å². The van der Waals surface area contributed by atoms with Crippen LogP contribution in [0.4, 0.5) is 4.79 Å². The van der Waals surface area contributed by atoms with Crippen molar-refractivity contribution in [3.05, 3.63) is 21.9 Å². The first kappa shape index (κ1) is 12.0. The number of nitrogens with one attached hydrogen (secondary N) is 2. The van der Waals surface area contributed by atoms with Crippen molar-refractivity contribution in [2.24, 2.45) is 0 Å². The van der Waals surface area contributed by atoms with Crippen molar-refractivity contribution in [3.8, 4) is 0 Å². The summed E-state index contributed by atoms with van der Waals surface area (Å²) in [6.07, 6.45) is 1.99. The summed E-state index contributed by atoms with van der Waals surface area (Å²) in [7, 11) is 0. The maximum Gasteiger partial charge on any atom is 0.315 e. The molecule has 0 bridgehead atoms. The second-order valence-electron chi connectivity index (χ2n) is 3.33. The summed E-state index contributed by atoms with van der Waals surface area (Å²) in [6, 6.07) is 2.04. The Hall–Kier alpha value is -1.03. The lowest BCUT2D eigenvalue weighted by Crippen LogP contribution is -2.35. The van der Waals surface area contributed by atoms with Crippen molar-refractivity contribution in [2.75, 3.05) is 6.54 Å². The van der Waals surface area contributed by atoms with Crippen LogP contribution < -0.4 is 10.6 Å². The van der Waals surface area contributed by atoms with Crippen LogP contribution in [0.15, 0.2) is 11.4 Å². The third-order valence-electron chi connectivity index (χ3n) is 2.16. The molecule has 4 heteroatoms. The molecule has 1 rings (SSSR count). The van der Waals surface area contributed by atoms with Crippen LogP contribution in [0.2, 0.25) is 0 Å². The Kier molecular flexibility index (Phi) is 5.18. The first-order chi connectivity index (χ1) is 7.27. The SMILES string of the molecule is CCCNC(=O)NCc1sccc1CC. The van der Waals surface area contributed by atoms with E-state index in [-0.39, 0.29) is 6.03 Å². The number of carbonyl (C=O) groups is 1. The quantitative estimate of drug-likeness (QED) is 0.796. The Morgan fingerprint density at radius 1 is 1.40 bits per heavy atom. The van der Waals surface area contributed by atoms with E-state index in [1.807, 2.05) is 6.92 Å². The molecule has 0 aromatic carbocycles. The number of hydrogen-bond acceptors (Lipinski definition) is 2. The number of hydrogen-bond donors (Lipinski definition) is 2. The van der Waals surface area contributed by atoms with Gasteiger partial charge in [0.1, 0.15) is 0 Å². The van der Waals surface area contributed by atoms with Crippen LogP contribution in [0.25, 0.3) is 0 Å². The maximum absolute atomic E-state index is 11.3. The predicted octanol–water partition coefficient (Wildman–Crippen LogP) is 2.52. The summed E-state index contributed by atoms with van der Waals surface area (Å²) in [6.45, 7) is 5.53. The lowest BCUT2D eigenvalue weighted by atomic mass is 10.2. The predicted molar refractivity (Wildman–Crippen MR) is 64.2 cm³/mol. The van der Waals surface area contributed by atoms with E-state index >= 15 is 0 Å². The van der Waals surface area contributed by atoms with Gasteiger partial charge in [-0.15, -0.1) is 11.3 Å². The summed E-state index contributed by atoms with van der Waals surface area (Å²) in [5.74, 6) is 0. The van der Waals surface area contributed by atoms with E-state index in [9.17, 15) is 4.79 Å². The molecule has 0 aliphatic rings. The molecule has 2 amide bonds. The zero-order valence-electron chi connectivity index (χ0n) is 9.30. The van der Waals surface area contributed by atoms with Gasteiger partial charge < -0.3 is 10.6 Å². The van der Waals surface area contributed by atoms with Crippen molar-refractivity contribution < 1.29 is 4.79 Å². The third kappa shape index (κ3) is 3.91. The van der Waals surface area contributed by atoms with Gasteiger partial charge in [0.2, 0.25) is 0 Å². The zero-order valence-corrected chi connectivity index (χ0v) is 10.1. The smallest absolute Gasteiger partial charge is 0.315 e. The van der Waals surface area contributed by atoms with Gasteiger partial charge in [-0.1, -0.05) is 13.8 Å². The molecule has 0 radical (unpaired) electrons. The Balaban J connectivity index is 2.33. The normalized spacial score (nSPS) is 10.0. The van der Waals surface area contributed by atoms with Gasteiger partial charge in [-0.25, -0.2) is 4.79 Å². The van der Waals surface area contributed by atoms with E-state index in [4.69, 9.17) is 0 Å². The molecule has 3 nitrogen and oxygen atoms in total. The van der Waals surface area contributed by atoms with Gasteiger partial charge >= 0.3 is 6.03 Å². The minimum Gasteiger partial charge on any atom is -0.338 e. The average molecular weight is 226 g/mol. The van der Waals surface area contributed by atoms with Crippen molar-refractivity contribution in [3.63, 3.8) is 0 Å². The molecule has 1 heterocycles. The van der Waals surface area contributed by atoms with Crippen LogP contribution in [0.5, 0.6) is 0 Å². The van der Waals surface area contributed by atoms with Gasteiger partial charge in [0.05, 0.1) is 6.54 Å². The number of aryl methyl sites for hydroxylation is 1. The maximum atomic E-state index is 11.3. The standard InChI is InChI=1S/C11H18N2OS/c1-3-6-12-11(14)13-8-10-9(4-2)5-7-15-10/h5,7H,3-4,6,8H2,1-2H3,(H2,12,13,14). The summed E-state index contributed by atoms with van der Waals surface area (Å²) in [4.78, 5) is 12.5. The van der Waals surface area contributed by atoms with E-state index in [2.05, 4.69) is 29.0 Å². The first-order valence-electron chi connectivity index (χ1n) is 5.34. The molecule has 0 unspecified atom stereocenters. The molecule has 0 aliphatic carbocycles. The molecule has 0 fully saturated rings. The molecule has 1 aromatic rings. The molecular weight excluding hydrogens is 208 g/mol. The summed E-state index contributed by atoms with van der Waals surface area (Å²) < 4.78 is 0. The van der Waals surface area contributed by atoms with E-state index in [1.54, 1.807) is 11.3 Å². The highest BCUT2D eigenvalue weighted by molar-refractivity contribution is 7.10. The fourth-order valence-electron chi connectivity index (χ4n) is 1.30. The molecule has 0 saturated heterocycles. The lowest BCUT2D eigenvalue weighted by molar-refractivity contribution is 0.240. The minimum atomic E-state index is -0.0766. The van der Waals surface area contributed by atoms with Crippen molar-refractivity contribution in [1.29, 1.82) is 0 Å². The Bertz CT molecular complexity index is 309. The molecule has 0 atom stereocenters. The molecule has 15 heavy (non-hydrogen) atoms. The molecule has 0 saturated carbocycles. The number of carbonyl (C=O) groups excluding carboxylic acids is 1. The van der Waals surface area contributed by atoms with Crippen LogP contribution >= 0.6 is 11.3 Å². The molecule has 0 aliphatic heterocycles. The average Bonchev–Trinajstić information content (AvgIpc) is 2.70. The number of rotatable bonds is 5. The van der Waals surface area contributed by atoms with Crippen LogP contribution in [-0.4, -0.2) is 12.6 Å². The van der Waals surface area contributed by atoms with Crippen LogP contribution in [0, 0.1) is 0 Å². The minimum absolute atomic E-state index is 0.0766. The first-order valence-corrected chi connectivity index (χ1v) is 6.22. The van der Waals surface area contributed by atoms with E-state index in [0.29, 0.717) is 6.54 Å².